The molecule has 0 heterocycles. The van der Waals surface area contributed by atoms with E-state index < -0.39 is 37.1 Å². The van der Waals surface area contributed by atoms with Crippen molar-refractivity contribution in [2.75, 3.05) is 27.2 Å². The third-order valence-electron chi connectivity index (χ3n) is 1.90. The van der Waals surface area contributed by atoms with Crippen molar-refractivity contribution in [1.29, 1.82) is 0 Å². The minimum atomic E-state index is -4.56. The maximum absolute atomic E-state index is 12.2. The zero-order valence-corrected chi connectivity index (χ0v) is 9.91. The molecule has 0 saturated heterocycles. The lowest BCUT2D eigenvalue weighted by molar-refractivity contribution is -0.164. The number of alkyl halides is 3. The smallest absolute Gasteiger partial charge is 0.347 e. The van der Waals surface area contributed by atoms with Crippen molar-refractivity contribution in [2.24, 2.45) is 5.73 Å². The van der Waals surface area contributed by atoms with Crippen molar-refractivity contribution < 1.29 is 22.8 Å². The third kappa shape index (κ3) is 6.10. The Kier molecular flexibility index (Phi) is 5.40. The van der Waals surface area contributed by atoms with Crippen molar-refractivity contribution in [3.63, 3.8) is 0 Å². The molecular formula is C9H16F3N3O2. The van der Waals surface area contributed by atoms with Gasteiger partial charge in [-0.15, -0.1) is 0 Å². The molecule has 2 amide bonds. The van der Waals surface area contributed by atoms with Crippen LogP contribution in [0.3, 0.4) is 0 Å². The van der Waals surface area contributed by atoms with Gasteiger partial charge in [0.1, 0.15) is 13.1 Å². The fraction of sp³-hybridized carbons (Fsp3) is 0.778. The predicted molar refractivity (Wildman–Crippen MR) is 55.0 cm³/mol. The van der Waals surface area contributed by atoms with E-state index in [9.17, 15) is 22.8 Å². The van der Waals surface area contributed by atoms with E-state index in [1.54, 1.807) is 0 Å². The lowest BCUT2D eigenvalue weighted by atomic mass is 10.3. The highest BCUT2D eigenvalue weighted by molar-refractivity contribution is 5.87. The first kappa shape index (κ1) is 15.7. The lowest BCUT2D eigenvalue weighted by Crippen LogP contribution is -2.49. The molecule has 8 heteroatoms. The van der Waals surface area contributed by atoms with Gasteiger partial charge >= 0.3 is 6.18 Å². The Balaban J connectivity index is 4.75. The highest BCUT2D eigenvalue weighted by Crippen LogP contribution is 2.16. The fourth-order valence-electron chi connectivity index (χ4n) is 1.02. The predicted octanol–water partition coefficient (Wildman–Crippen LogP) is -0.187. The van der Waals surface area contributed by atoms with Crippen LogP contribution < -0.4 is 5.73 Å². The second-order valence-corrected chi connectivity index (χ2v) is 3.89. The molecule has 0 rings (SSSR count). The molecule has 0 aromatic rings. The topological polar surface area (TPSA) is 66.6 Å². The van der Waals surface area contributed by atoms with Crippen LogP contribution in [0.2, 0.25) is 0 Å². The SMILES string of the molecule is C[C@@H](N)C(=O)N(CC(=O)N(C)C)CC(F)(F)F. The van der Waals surface area contributed by atoms with Crippen LogP contribution in [0, 0.1) is 0 Å². The number of rotatable bonds is 4. The standard InChI is InChI=1S/C9H16F3N3O2/c1-6(13)8(17)15(5-9(10,11)12)4-7(16)14(2)3/h6H,4-5,13H2,1-3H3/t6-/m1/s1. The zero-order chi connectivity index (χ0) is 13.8. The minimum Gasteiger partial charge on any atom is -0.347 e. The van der Waals surface area contributed by atoms with E-state index >= 15 is 0 Å². The summed E-state index contributed by atoms with van der Waals surface area (Å²) in [6, 6.07) is -1.08. The summed E-state index contributed by atoms with van der Waals surface area (Å²) in [6.07, 6.45) is -4.56. The van der Waals surface area contributed by atoms with Gasteiger partial charge in [-0.05, 0) is 6.92 Å². The van der Waals surface area contributed by atoms with Gasteiger partial charge in [0, 0.05) is 14.1 Å². The van der Waals surface area contributed by atoms with Gasteiger partial charge in [0.25, 0.3) is 0 Å². The highest BCUT2D eigenvalue weighted by atomic mass is 19.4. The quantitative estimate of drug-likeness (QED) is 0.757. The summed E-state index contributed by atoms with van der Waals surface area (Å²) in [5, 5.41) is 0. The number of nitrogens with two attached hydrogens (primary N) is 1. The summed E-state index contributed by atoms with van der Waals surface area (Å²) in [4.78, 5) is 24.2. The Labute approximate surface area is 97.3 Å². The van der Waals surface area contributed by atoms with Crippen LogP contribution >= 0.6 is 0 Å². The van der Waals surface area contributed by atoms with E-state index in [0.717, 1.165) is 4.90 Å². The molecule has 0 fully saturated rings. The van der Waals surface area contributed by atoms with Crippen molar-refractivity contribution in [1.82, 2.24) is 9.80 Å². The minimum absolute atomic E-state index is 0.410. The average molecular weight is 255 g/mol. The number of carbonyl (C=O) groups excluding carboxylic acids is 2. The maximum Gasteiger partial charge on any atom is 0.406 e. The Morgan fingerprint density at radius 1 is 1.29 bits per heavy atom. The van der Waals surface area contributed by atoms with Gasteiger partial charge in [-0.1, -0.05) is 0 Å². The molecule has 2 N–H and O–H groups in total. The second-order valence-electron chi connectivity index (χ2n) is 3.89. The summed E-state index contributed by atoms with van der Waals surface area (Å²) in [5.74, 6) is -1.50. The Morgan fingerprint density at radius 2 is 1.76 bits per heavy atom. The molecule has 0 unspecified atom stereocenters. The van der Waals surface area contributed by atoms with Gasteiger partial charge in [-0.3, -0.25) is 9.59 Å². The average Bonchev–Trinajstić information content (AvgIpc) is 2.12. The van der Waals surface area contributed by atoms with Crippen molar-refractivity contribution in [2.45, 2.75) is 19.1 Å². The number of carbonyl (C=O) groups is 2. The van der Waals surface area contributed by atoms with Gasteiger partial charge in [0.2, 0.25) is 11.8 Å². The number of amides is 2. The molecule has 0 aromatic carbocycles. The van der Waals surface area contributed by atoms with Crippen molar-refractivity contribution in [3.05, 3.63) is 0 Å². The number of hydrogen-bond donors (Lipinski definition) is 1. The van der Waals surface area contributed by atoms with Gasteiger partial charge < -0.3 is 15.5 Å². The monoisotopic (exact) mass is 255 g/mol. The number of hydrogen-bond acceptors (Lipinski definition) is 3. The van der Waals surface area contributed by atoms with Gasteiger partial charge in [-0.2, -0.15) is 13.2 Å². The molecule has 0 spiro atoms. The van der Waals surface area contributed by atoms with Gasteiger partial charge in [0.15, 0.2) is 0 Å². The first-order chi connectivity index (χ1) is 7.54. The first-order valence-electron chi connectivity index (χ1n) is 4.86. The van der Waals surface area contributed by atoms with E-state index in [4.69, 9.17) is 5.73 Å². The van der Waals surface area contributed by atoms with Gasteiger partial charge in [0.05, 0.1) is 6.04 Å². The molecule has 5 nitrogen and oxygen atoms in total. The molecule has 0 aliphatic rings. The lowest BCUT2D eigenvalue weighted by Gasteiger charge is -2.26. The summed E-state index contributed by atoms with van der Waals surface area (Å²) in [7, 11) is 2.79. The van der Waals surface area contributed by atoms with Crippen molar-refractivity contribution >= 4 is 11.8 Å². The van der Waals surface area contributed by atoms with E-state index in [0.29, 0.717) is 4.90 Å². The molecule has 0 radical (unpaired) electrons. The Bertz CT molecular complexity index is 290. The summed E-state index contributed by atoms with van der Waals surface area (Å²) in [5.41, 5.74) is 5.22. The second kappa shape index (κ2) is 5.85. The van der Waals surface area contributed by atoms with E-state index in [2.05, 4.69) is 0 Å². The van der Waals surface area contributed by atoms with E-state index in [1.807, 2.05) is 0 Å². The highest BCUT2D eigenvalue weighted by Gasteiger charge is 2.34. The molecule has 0 aliphatic heterocycles. The summed E-state index contributed by atoms with van der Waals surface area (Å²) in [6.45, 7) is -0.842. The molecule has 0 saturated carbocycles. The number of nitrogens with zero attached hydrogens (tertiary/aromatic N) is 2. The van der Waals surface area contributed by atoms with Crippen LogP contribution in [0.15, 0.2) is 0 Å². The van der Waals surface area contributed by atoms with Crippen LogP contribution in [0.25, 0.3) is 0 Å². The van der Waals surface area contributed by atoms with Crippen LogP contribution in [0.4, 0.5) is 13.2 Å². The van der Waals surface area contributed by atoms with Crippen LogP contribution in [-0.4, -0.2) is 61.0 Å². The van der Waals surface area contributed by atoms with Crippen LogP contribution in [0.5, 0.6) is 0 Å². The van der Waals surface area contributed by atoms with Gasteiger partial charge in [-0.25, -0.2) is 0 Å². The molecule has 0 aromatic heterocycles. The van der Waals surface area contributed by atoms with E-state index in [1.165, 1.54) is 21.0 Å². The number of halogens is 3. The van der Waals surface area contributed by atoms with Crippen LogP contribution in [-0.2, 0) is 9.59 Å². The molecule has 100 valence electrons. The van der Waals surface area contributed by atoms with E-state index in [-0.39, 0.29) is 0 Å². The molecular weight excluding hydrogens is 239 g/mol. The molecule has 1 atom stereocenters. The zero-order valence-electron chi connectivity index (χ0n) is 9.91. The third-order valence-corrected chi connectivity index (χ3v) is 1.90. The molecule has 17 heavy (non-hydrogen) atoms. The largest absolute Gasteiger partial charge is 0.406 e. The Morgan fingerprint density at radius 3 is 2.06 bits per heavy atom. The van der Waals surface area contributed by atoms with Crippen molar-refractivity contribution in [3.8, 4) is 0 Å². The number of likely N-dealkylation sites (N-methyl/N-ethyl adjacent to an activating group) is 1. The fourth-order valence-corrected chi connectivity index (χ4v) is 1.02. The molecule has 0 bridgehead atoms. The normalized spacial score (nSPS) is 13.1. The molecule has 0 aliphatic carbocycles. The maximum atomic E-state index is 12.2. The Hall–Kier alpha value is -1.31. The first-order valence-corrected chi connectivity index (χ1v) is 4.86. The summed E-state index contributed by atoms with van der Waals surface area (Å²) < 4.78 is 36.7. The van der Waals surface area contributed by atoms with Crippen LogP contribution in [0.1, 0.15) is 6.92 Å². The summed E-state index contributed by atoms with van der Waals surface area (Å²) >= 11 is 0.